The van der Waals surface area contributed by atoms with Crippen LogP contribution in [-0.4, -0.2) is 21.6 Å². The first-order chi connectivity index (χ1) is 10.2. The standard InChI is InChI=1S/C16H20N4O/c1-4-12(5-2)16-15(11-17)18-19-20(16)13-7-9-14(10-8-13)21-6-3/h7-10,12H,4-6H2,1-3H3. The van der Waals surface area contributed by atoms with Gasteiger partial charge in [-0.25, -0.2) is 4.68 Å². The first-order valence-corrected chi connectivity index (χ1v) is 7.34. The van der Waals surface area contributed by atoms with Crippen LogP contribution in [0.4, 0.5) is 0 Å². The predicted octanol–water partition coefficient (Wildman–Crippen LogP) is 3.44. The van der Waals surface area contributed by atoms with Crippen LogP contribution in [0.15, 0.2) is 24.3 Å². The van der Waals surface area contributed by atoms with Gasteiger partial charge in [0.25, 0.3) is 0 Å². The summed E-state index contributed by atoms with van der Waals surface area (Å²) in [5.74, 6) is 1.10. The molecule has 2 aromatic rings. The summed E-state index contributed by atoms with van der Waals surface area (Å²) in [6, 6.07) is 9.83. The molecule has 0 aliphatic rings. The molecule has 0 spiro atoms. The summed E-state index contributed by atoms with van der Waals surface area (Å²) in [7, 11) is 0. The SMILES string of the molecule is CCOc1ccc(-n2nnc(C#N)c2C(CC)CC)cc1. The zero-order chi connectivity index (χ0) is 15.2. The van der Waals surface area contributed by atoms with Crippen LogP contribution in [0, 0.1) is 11.3 Å². The largest absolute Gasteiger partial charge is 0.494 e. The molecule has 1 aromatic heterocycles. The maximum Gasteiger partial charge on any atom is 0.186 e. The van der Waals surface area contributed by atoms with Crippen molar-refractivity contribution in [2.75, 3.05) is 6.61 Å². The van der Waals surface area contributed by atoms with Gasteiger partial charge in [0, 0.05) is 5.92 Å². The minimum atomic E-state index is 0.279. The molecular weight excluding hydrogens is 264 g/mol. The summed E-state index contributed by atoms with van der Waals surface area (Å²) < 4.78 is 7.22. The number of hydrogen-bond donors (Lipinski definition) is 0. The Labute approximate surface area is 125 Å². The van der Waals surface area contributed by atoms with Crippen LogP contribution in [0.3, 0.4) is 0 Å². The van der Waals surface area contributed by atoms with E-state index in [9.17, 15) is 5.26 Å². The minimum absolute atomic E-state index is 0.279. The molecule has 5 heteroatoms. The molecule has 0 saturated heterocycles. The molecule has 0 aliphatic carbocycles. The Morgan fingerprint density at radius 1 is 1.19 bits per heavy atom. The molecule has 21 heavy (non-hydrogen) atoms. The molecule has 5 nitrogen and oxygen atoms in total. The van der Waals surface area contributed by atoms with Gasteiger partial charge in [-0.15, -0.1) is 5.10 Å². The van der Waals surface area contributed by atoms with Crippen LogP contribution in [0.1, 0.15) is 50.9 Å². The van der Waals surface area contributed by atoms with Crippen molar-refractivity contribution in [3.8, 4) is 17.5 Å². The molecule has 0 saturated carbocycles. The first kappa shape index (κ1) is 15.0. The summed E-state index contributed by atoms with van der Waals surface area (Å²) in [5, 5.41) is 17.4. The molecule has 1 aromatic carbocycles. The lowest BCUT2D eigenvalue weighted by atomic mass is 9.97. The van der Waals surface area contributed by atoms with Gasteiger partial charge in [0.1, 0.15) is 11.8 Å². The van der Waals surface area contributed by atoms with Crippen molar-refractivity contribution in [3.05, 3.63) is 35.7 Å². The third-order valence-corrected chi connectivity index (χ3v) is 3.58. The number of nitriles is 1. The van der Waals surface area contributed by atoms with Gasteiger partial charge in [0.15, 0.2) is 5.69 Å². The van der Waals surface area contributed by atoms with Gasteiger partial charge >= 0.3 is 0 Å². The molecule has 0 fully saturated rings. The van der Waals surface area contributed by atoms with E-state index in [0.29, 0.717) is 12.3 Å². The van der Waals surface area contributed by atoms with Gasteiger partial charge in [-0.05, 0) is 44.0 Å². The van der Waals surface area contributed by atoms with Gasteiger partial charge in [0.05, 0.1) is 18.0 Å². The van der Waals surface area contributed by atoms with Crippen LogP contribution in [0.5, 0.6) is 5.75 Å². The monoisotopic (exact) mass is 284 g/mol. The van der Waals surface area contributed by atoms with Gasteiger partial charge < -0.3 is 4.74 Å². The fraction of sp³-hybridized carbons (Fsp3) is 0.438. The van der Waals surface area contributed by atoms with Crippen molar-refractivity contribution >= 4 is 0 Å². The molecule has 0 amide bonds. The van der Waals surface area contributed by atoms with Gasteiger partial charge in [0.2, 0.25) is 0 Å². The Kier molecular flexibility index (Phi) is 4.94. The van der Waals surface area contributed by atoms with E-state index >= 15 is 0 Å². The third-order valence-electron chi connectivity index (χ3n) is 3.58. The van der Waals surface area contributed by atoms with Crippen molar-refractivity contribution < 1.29 is 4.74 Å². The quantitative estimate of drug-likeness (QED) is 0.815. The number of nitrogens with zero attached hydrogens (tertiary/aromatic N) is 4. The normalized spacial score (nSPS) is 10.6. The zero-order valence-corrected chi connectivity index (χ0v) is 12.7. The van der Waals surface area contributed by atoms with Crippen LogP contribution in [-0.2, 0) is 0 Å². The van der Waals surface area contributed by atoms with Gasteiger partial charge in [-0.3, -0.25) is 0 Å². The topological polar surface area (TPSA) is 63.7 Å². The fourth-order valence-corrected chi connectivity index (χ4v) is 2.45. The predicted molar refractivity (Wildman–Crippen MR) is 80.6 cm³/mol. The summed E-state index contributed by atoms with van der Waals surface area (Å²) in [6.45, 7) is 6.83. The number of rotatable bonds is 6. The Balaban J connectivity index is 2.44. The van der Waals surface area contributed by atoms with E-state index in [1.807, 2.05) is 31.2 Å². The van der Waals surface area contributed by atoms with E-state index in [1.54, 1.807) is 4.68 Å². The molecule has 1 heterocycles. The van der Waals surface area contributed by atoms with E-state index in [0.717, 1.165) is 30.0 Å². The van der Waals surface area contributed by atoms with Crippen molar-refractivity contribution in [3.63, 3.8) is 0 Å². The Morgan fingerprint density at radius 3 is 2.38 bits per heavy atom. The summed E-state index contributed by atoms with van der Waals surface area (Å²) in [4.78, 5) is 0. The molecule has 110 valence electrons. The molecule has 0 N–H and O–H groups in total. The highest BCUT2D eigenvalue weighted by Crippen LogP contribution is 2.27. The lowest BCUT2D eigenvalue weighted by Crippen LogP contribution is -2.08. The van der Waals surface area contributed by atoms with Crippen LogP contribution in [0.25, 0.3) is 5.69 Å². The average molecular weight is 284 g/mol. The van der Waals surface area contributed by atoms with Gasteiger partial charge in [-0.2, -0.15) is 5.26 Å². The molecule has 0 bridgehead atoms. The van der Waals surface area contributed by atoms with Crippen molar-refractivity contribution in [1.29, 1.82) is 5.26 Å². The number of hydrogen-bond acceptors (Lipinski definition) is 4. The van der Waals surface area contributed by atoms with Crippen molar-refractivity contribution in [1.82, 2.24) is 15.0 Å². The molecule has 0 aliphatic heterocycles. The maximum atomic E-state index is 9.25. The van der Waals surface area contributed by atoms with E-state index in [4.69, 9.17) is 4.74 Å². The van der Waals surface area contributed by atoms with Gasteiger partial charge in [-0.1, -0.05) is 19.1 Å². The number of aromatic nitrogens is 3. The van der Waals surface area contributed by atoms with Crippen LogP contribution < -0.4 is 4.74 Å². The second-order valence-corrected chi connectivity index (χ2v) is 4.79. The Hall–Kier alpha value is -2.35. The van der Waals surface area contributed by atoms with Crippen molar-refractivity contribution in [2.24, 2.45) is 0 Å². The van der Waals surface area contributed by atoms with Crippen LogP contribution in [0.2, 0.25) is 0 Å². The highest BCUT2D eigenvalue weighted by Gasteiger charge is 2.21. The maximum absolute atomic E-state index is 9.25. The molecular formula is C16H20N4O. The number of ether oxygens (including phenoxy) is 1. The number of benzene rings is 1. The van der Waals surface area contributed by atoms with E-state index in [1.165, 1.54) is 0 Å². The highest BCUT2D eigenvalue weighted by atomic mass is 16.5. The first-order valence-electron chi connectivity index (χ1n) is 7.34. The smallest absolute Gasteiger partial charge is 0.186 e. The lowest BCUT2D eigenvalue weighted by Gasteiger charge is -2.14. The lowest BCUT2D eigenvalue weighted by molar-refractivity contribution is 0.340. The third kappa shape index (κ3) is 3.05. The molecule has 0 atom stereocenters. The Bertz CT molecular complexity index is 621. The highest BCUT2D eigenvalue weighted by molar-refractivity contribution is 5.41. The summed E-state index contributed by atoms with van der Waals surface area (Å²) in [6.07, 6.45) is 1.91. The van der Waals surface area contributed by atoms with Crippen LogP contribution >= 0.6 is 0 Å². The van der Waals surface area contributed by atoms with E-state index in [2.05, 4.69) is 30.2 Å². The summed E-state index contributed by atoms with van der Waals surface area (Å²) >= 11 is 0. The van der Waals surface area contributed by atoms with Crippen molar-refractivity contribution in [2.45, 2.75) is 39.5 Å². The average Bonchev–Trinajstić information content (AvgIpc) is 2.94. The zero-order valence-electron chi connectivity index (χ0n) is 12.7. The molecule has 0 radical (unpaired) electrons. The fourth-order valence-electron chi connectivity index (χ4n) is 2.45. The second-order valence-electron chi connectivity index (χ2n) is 4.79. The molecule has 0 unspecified atom stereocenters. The molecule has 2 rings (SSSR count). The van der Waals surface area contributed by atoms with E-state index < -0.39 is 0 Å². The minimum Gasteiger partial charge on any atom is -0.494 e. The summed E-state index contributed by atoms with van der Waals surface area (Å²) in [5.41, 5.74) is 2.21. The van der Waals surface area contributed by atoms with E-state index in [-0.39, 0.29) is 5.92 Å². The second kappa shape index (κ2) is 6.89. The Morgan fingerprint density at radius 2 is 1.86 bits per heavy atom.